The fourth-order valence-electron chi connectivity index (χ4n) is 3.48. The number of hydrogen-bond donors (Lipinski definition) is 1. The van der Waals surface area contributed by atoms with E-state index >= 15 is 0 Å². The Morgan fingerprint density at radius 2 is 1.65 bits per heavy atom. The molecule has 4 aromatic rings. The molecule has 1 heterocycles. The number of oxazole rings is 1. The van der Waals surface area contributed by atoms with Gasteiger partial charge in [0.25, 0.3) is 5.91 Å². The van der Waals surface area contributed by atoms with E-state index in [0.29, 0.717) is 70.3 Å². The number of halogens is 1. The number of amides is 1. The largest absolute Gasteiger partial charge is 0.490 e. The minimum atomic E-state index is -0.313. The SMILES string of the molecule is CCOc1cc(C(=O)Nc2cccc(-c3nc4cc(Cl)ccc4o3)c2)cc(OCC)c1OCC. The van der Waals surface area contributed by atoms with Crippen LogP contribution in [-0.4, -0.2) is 30.7 Å². The second-order valence-electron chi connectivity index (χ2n) is 7.27. The number of nitrogens with one attached hydrogen (secondary N) is 1. The molecule has 1 N–H and O–H groups in total. The first kappa shape index (κ1) is 23.4. The Bertz CT molecular complexity index is 1290. The summed E-state index contributed by atoms with van der Waals surface area (Å²) in [6.45, 7) is 6.91. The number of hydrogen-bond acceptors (Lipinski definition) is 6. The minimum Gasteiger partial charge on any atom is -0.490 e. The molecule has 0 atom stereocenters. The number of carbonyl (C=O) groups excluding carboxylic acids is 1. The van der Waals surface area contributed by atoms with Crippen LogP contribution in [0, 0.1) is 0 Å². The van der Waals surface area contributed by atoms with E-state index in [4.69, 9.17) is 30.2 Å². The van der Waals surface area contributed by atoms with Gasteiger partial charge in [-0.2, -0.15) is 0 Å². The molecule has 0 radical (unpaired) electrons. The molecule has 34 heavy (non-hydrogen) atoms. The molecule has 0 saturated heterocycles. The third-order valence-electron chi connectivity index (χ3n) is 4.89. The van der Waals surface area contributed by atoms with Crippen LogP contribution in [-0.2, 0) is 0 Å². The van der Waals surface area contributed by atoms with Crippen molar-refractivity contribution in [2.45, 2.75) is 20.8 Å². The maximum atomic E-state index is 13.1. The van der Waals surface area contributed by atoms with Gasteiger partial charge in [-0.25, -0.2) is 4.98 Å². The summed E-state index contributed by atoms with van der Waals surface area (Å²) in [6.07, 6.45) is 0. The molecule has 1 amide bonds. The minimum absolute atomic E-state index is 0.313. The highest BCUT2D eigenvalue weighted by atomic mass is 35.5. The van der Waals surface area contributed by atoms with Crippen molar-refractivity contribution in [1.29, 1.82) is 0 Å². The molecular formula is C26H25ClN2O5. The van der Waals surface area contributed by atoms with E-state index in [-0.39, 0.29) is 5.91 Å². The number of aromatic nitrogens is 1. The normalized spacial score (nSPS) is 10.8. The average molecular weight is 481 g/mol. The lowest BCUT2D eigenvalue weighted by Crippen LogP contribution is -2.13. The predicted octanol–water partition coefficient (Wildman–Crippen LogP) is 6.60. The van der Waals surface area contributed by atoms with Crippen LogP contribution in [0.1, 0.15) is 31.1 Å². The van der Waals surface area contributed by atoms with Crippen molar-refractivity contribution in [3.8, 4) is 28.7 Å². The number of fused-ring (bicyclic) bond motifs is 1. The van der Waals surface area contributed by atoms with Gasteiger partial charge in [0.05, 0.1) is 19.8 Å². The highest BCUT2D eigenvalue weighted by Gasteiger charge is 2.19. The molecule has 0 unspecified atom stereocenters. The fraction of sp³-hybridized carbons (Fsp3) is 0.231. The Kier molecular flexibility index (Phi) is 7.23. The van der Waals surface area contributed by atoms with Crippen molar-refractivity contribution in [2.24, 2.45) is 0 Å². The summed E-state index contributed by atoms with van der Waals surface area (Å²) < 4.78 is 23.0. The highest BCUT2D eigenvalue weighted by molar-refractivity contribution is 6.31. The van der Waals surface area contributed by atoms with Crippen molar-refractivity contribution in [3.05, 3.63) is 65.2 Å². The fourth-order valence-corrected chi connectivity index (χ4v) is 3.64. The summed E-state index contributed by atoms with van der Waals surface area (Å²) in [4.78, 5) is 17.6. The Labute approximate surface area is 202 Å². The van der Waals surface area contributed by atoms with Gasteiger partial charge in [0.2, 0.25) is 11.6 Å². The molecule has 0 spiro atoms. The third-order valence-corrected chi connectivity index (χ3v) is 5.12. The molecule has 0 aliphatic heterocycles. The summed E-state index contributed by atoms with van der Waals surface area (Å²) in [5.74, 6) is 1.53. The van der Waals surface area contributed by atoms with Gasteiger partial charge in [-0.1, -0.05) is 17.7 Å². The number of ether oxygens (including phenoxy) is 3. The lowest BCUT2D eigenvalue weighted by molar-refractivity contribution is 0.102. The van der Waals surface area contributed by atoms with Crippen LogP contribution < -0.4 is 19.5 Å². The van der Waals surface area contributed by atoms with E-state index in [1.54, 1.807) is 42.5 Å². The number of nitrogens with zero attached hydrogens (tertiary/aromatic N) is 1. The van der Waals surface area contributed by atoms with Gasteiger partial charge in [0.1, 0.15) is 5.52 Å². The van der Waals surface area contributed by atoms with Gasteiger partial charge >= 0.3 is 0 Å². The second kappa shape index (κ2) is 10.5. The Morgan fingerprint density at radius 1 is 0.941 bits per heavy atom. The maximum absolute atomic E-state index is 13.1. The molecule has 1 aromatic heterocycles. The van der Waals surface area contributed by atoms with Crippen molar-refractivity contribution in [3.63, 3.8) is 0 Å². The molecule has 4 rings (SSSR count). The lowest BCUT2D eigenvalue weighted by atomic mass is 10.1. The number of anilines is 1. The number of carbonyl (C=O) groups is 1. The summed E-state index contributed by atoms with van der Waals surface area (Å²) in [5.41, 5.74) is 3.00. The monoisotopic (exact) mass is 480 g/mol. The van der Waals surface area contributed by atoms with Crippen molar-refractivity contribution in [2.75, 3.05) is 25.1 Å². The summed E-state index contributed by atoms with van der Waals surface area (Å²) in [6, 6.07) is 15.8. The summed E-state index contributed by atoms with van der Waals surface area (Å²) >= 11 is 6.05. The Balaban J connectivity index is 1.62. The van der Waals surface area contributed by atoms with E-state index in [9.17, 15) is 4.79 Å². The van der Waals surface area contributed by atoms with Gasteiger partial charge in [-0.3, -0.25) is 4.79 Å². The number of benzene rings is 3. The zero-order chi connectivity index (χ0) is 24.1. The molecule has 0 aliphatic rings. The third kappa shape index (κ3) is 5.10. The zero-order valence-electron chi connectivity index (χ0n) is 19.2. The zero-order valence-corrected chi connectivity index (χ0v) is 19.9. The van der Waals surface area contributed by atoms with E-state index in [0.717, 1.165) is 5.56 Å². The first-order valence-corrected chi connectivity index (χ1v) is 11.4. The maximum Gasteiger partial charge on any atom is 0.255 e. The quantitative estimate of drug-likeness (QED) is 0.290. The van der Waals surface area contributed by atoms with E-state index in [1.165, 1.54) is 0 Å². The van der Waals surface area contributed by atoms with Gasteiger partial charge < -0.3 is 23.9 Å². The smallest absolute Gasteiger partial charge is 0.255 e. The van der Waals surface area contributed by atoms with Crippen molar-refractivity contribution in [1.82, 2.24) is 4.98 Å². The predicted molar refractivity (Wildman–Crippen MR) is 132 cm³/mol. The summed E-state index contributed by atoms with van der Waals surface area (Å²) in [5, 5.41) is 3.50. The Morgan fingerprint density at radius 3 is 2.32 bits per heavy atom. The molecule has 7 nitrogen and oxygen atoms in total. The van der Waals surface area contributed by atoms with Crippen LogP contribution >= 0.6 is 11.6 Å². The molecule has 3 aromatic carbocycles. The van der Waals surface area contributed by atoms with Gasteiger partial charge in [-0.05, 0) is 69.3 Å². The molecule has 0 bridgehead atoms. The second-order valence-corrected chi connectivity index (χ2v) is 7.70. The first-order chi connectivity index (χ1) is 16.5. The van der Waals surface area contributed by atoms with E-state index in [1.807, 2.05) is 32.9 Å². The van der Waals surface area contributed by atoms with Crippen molar-refractivity contribution < 1.29 is 23.4 Å². The van der Waals surface area contributed by atoms with Gasteiger partial charge in [0.15, 0.2) is 17.1 Å². The highest BCUT2D eigenvalue weighted by Crippen LogP contribution is 2.39. The first-order valence-electron chi connectivity index (χ1n) is 11.1. The molecule has 0 fully saturated rings. The summed E-state index contributed by atoms with van der Waals surface area (Å²) in [7, 11) is 0. The van der Waals surface area contributed by atoms with E-state index < -0.39 is 0 Å². The van der Waals surface area contributed by atoms with Gasteiger partial charge in [-0.15, -0.1) is 0 Å². The topological polar surface area (TPSA) is 82.8 Å². The van der Waals surface area contributed by atoms with E-state index in [2.05, 4.69) is 10.3 Å². The van der Waals surface area contributed by atoms with Crippen molar-refractivity contribution >= 4 is 34.3 Å². The molecule has 8 heteroatoms. The molecule has 0 saturated carbocycles. The lowest BCUT2D eigenvalue weighted by Gasteiger charge is -2.17. The molecule has 0 aliphatic carbocycles. The molecular weight excluding hydrogens is 456 g/mol. The standard InChI is InChI=1S/C26H25ClN2O5/c1-4-31-22-13-17(14-23(32-5-2)24(22)33-6-3)25(30)28-19-9-7-8-16(12-19)26-29-20-15-18(27)10-11-21(20)34-26/h7-15H,4-6H2,1-3H3,(H,28,30). The van der Waals surface area contributed by atoms with Crippen LogP contribution in [0.15, 0.2) is 59.0 Å². The van der Waals surface area contributed by atoms with Crippen LogP contribution in [0.2, 0.25) is 5.02 Å². The van der Waals surface area contributed by atoms with Crippen LogP contribution in [0.3, 0.4) is 0 Å². The number of rotatable bonds is 9. The van der Waals surface area contributed by atoms with Gasteiger partial charge in [0, 0.05) is 21.8 Å². The van der Waals surface area contributed by atoms with Crippen LogP contribution in [0.5, 0.6) is 17.2 Å². The molecule has 176 valence electrons. The Hall–Kier alpha value is -3.71. The average Bonchev–Trinajstić information content (AvgIpc) is 3.25. The van der Waals surface area contributed by atoms with Crippen LogP contribution in [0.25, 0.3) is 22.6 Å². The van der Waals surface area contributed by atoms with Crippen LogP contribution in [0.4, 0.5) is 5.69 Å².